The SMILES string of the molecule is COc1ccc(OC)c(CCC(N)c2cccs2)c1. The van der Waals surface area contributed by atoms with E-state index in [2.05, 4.69) is 11.4 Å². The number of hydrogen-bond acceptors (Lipinski definition) is 4. The van der Waals surface area contributed by atoms with Crippen molar-refractivity contribution in [3.8, 4) is 11.5 Å². The van der Waals surface area contributed by atoms with Crippen molar-refractivity contribution in [2.75, 3.05) is 14.2 Å². The van der Waals surface area contributed by atoms with E-state index >= 15 is 0 Å². The Morgan fingerprint density at radius 1 is 1.21 bits per heavy atom. The Kier molecular flexibility index (Phi) is 4.82. The van der Waals surface area contributed by atoms with Crippen molar-refractivity contribution < 1.29 is 9.47 Å². The third kappa shape index (κ3) is 3.49. The predicted octanol–water partition coefficient (Wildman–Crippen LogP) is 3.40. The van der Waals surface area contributed by atoms with E-state index < -0.39 is 0 Å². The quantitative estimate of drug-likeness (QED) is 0.880. The van der Waals surface area contributed by atoms with Crippen LogP contribution in [0, 0.1) is 0 Å². The van der Waals surface area contributed by atoms with Gasteiger partial charge in [-0.1, -0.05) is 6.07 Å². The third-order valence-electron chi connectivity index (χ3n) is 3.12. The first kappa shape index (κ1) is 13.9. The van der Waals surface area contributed by atoms with Crippen LogP contribution in [0.1, 0.15) is 22.9 Å². The molecule has 0 aliphatic carbocycles. The van der Waals surface area contributed by atoms with E-state index in [0.29, 0.717) is 0 Å². The van der Waals surface area contributed by atoms with E-state index in [9.17, 15) is 0 Å². The van der Waals surface area contributed by atoms with Crippen LogP contribution in [0.4, 0.5) is 0 Å². The molecule has 0 saturated heterocycles. The molecule has 0 aliphatic heterocycles. The highest BCUT2D eigenvalue weighted by atomic mass is 32.1. The number of benzene rings is 1. The summed E-state index contributed by atoms with van der Waals surface area (Å²) in [6, 6.07) is 10.0. The van der Waals surface area contributed by atoms with Crippen LogP contribution < -0.4 is 15.2 Å². The predicted molar refractivity (Wildman–Crippen MR) is 79.1 cm³/mol. The van der Waals surface area contributed by atoms with Crippen molar-refractivity contribution in [1.82, 2.24) is 0 Å². The fourth-order valence-electron chi connectivity index (χ4n) is 2.03. The molecule has 1 aromatic heterocycles. The van der Waals surface area contributed by atoms with Crippen LogP contribution in [-0.2, 0) is 6.42 Å². The molecule has 1 heterocycles. The molecule has 0 amide bonds. The standard InChI is InChI=1S/C15H19NO2S/c1-17-12-6-8-14(18-2)11(10-12)5-7-13(16)15-4-3-9-19-15/h3-4,6,8-10,13H,5,7,16H2,1-2H3. The van der Waals surface area contributed by atoms with Crippen molar-refractivity contribution in [2.45, 2.75) is 18.9 Å². The Labute approximate surface area is 118 Å². The number of methoxy groups -OCH3 is 2. The zero-order valence-electron chi connectivity index (χ0n) is 11.3. The summed E-state index contributed by atoms with van der Waals surface area (Å²) in [7, 11) is 3.35. The van der Waals surface area contributed by atoms with Gasteiger partial charge in [0.15, 0.2) is 0 Å². The number of hydrogen-bond donors (Lipinski definition) is 1. The number of thiophene rings is 1. The van der Waals surface area contributed by atoms with Crippen molar-refractivity contribution in [3.63, 3.8) is 0 Å². The first-order valence-electron chi connectivity index (χ1n) is 6.24. The molecule has 1 aromatic carbocycles. The second-order valence-electron chi connectivity index (χ2n) is 4.34. The summed E-state index contributed by atoms with van der Waals surface area (Å²) in [5.74, 6) is 1.74. The Morgan fingerprint density at radius 2 is 2.05 bits per heavy atom. The lowest BCUT2D eigenvalue weighted by Gasteiger charge is -2.13. The first-order valence-corrected chi connectivity index (χ1v) is 7.12. The van der Waals surface area contributed by atoms with Crippen LogP contribution in [0.2, 0.25) is 0 Å². The van der Waals surface area contributed by atoms with E-state index in [1.54, 1.807) is 25.6 Å². The molecule has 1 unspecified atom stereocenters. The molecule has 0 radical (unpaired) electrons. The fourth-order valence-corrected chi connectivity index (χ4v) is 2.80. The monoisotopic (exact) mass is 277 g/mol. The Bertz CT molecular complexity index is 511. The molecule has 3 nitrogen and oxygen atoms in total. The number of ether oxygens (including phenoxy) is 2. The number of rotatable bonds is 6. The molecule has 102 valence electrons. The van der Waals surface area contributed by atoms with Gasteiger partial charge < -0.3 is 15.2 Å². The van der Waals surface area contributed by atoms with Gasteiger partial charge in [0, 0.05) is 10.9 Å². The summed E-state index contributed by atoms with van der Waals surface area (Å²) in [5.41, 5.74) is 7.32. The van der Waals surface area contributed by atoms with Crippen LogP contribution >= 0.6 is 11.3 Å². The van der Waals surface area contributed by atoms with E-state index in [1.807, 2.05) is 24.3 Å². The zero-order chi connectivity index (χ0) is 13.7. The molecular weight excluding hydrogens is 258 g/mol. The molecule has 0 saturated carbocycles. The minimum absolute atomic E-state index is 0.0795. The Morgan fingerprint density at radius 3 is 2.68 bits per heavy atom. The summed E-state index contributed by atoms with van der Waals surface area (Å²) in [6.45, 7) is 0. The molecule has 0 bridgehead atoms. The fraction of sp³-hybridized carbons (Fsp3) is 0.333. The maximum Gasteiger partial charge on any atom is 0.122 e. The maximum absolute atomic E-state index is 6.19. The number of nitrogens with two attached hydrogens (primary N) is 1. The Hall–Kier alpha value is -1.52. The van der Waals surface area contributed by atoms with E-state index in [4.69, 9.17) is 15.2 Å². The lowest BCUT2D eigenvalue weighted by Crippen LogP contribution is -2.10. The van der Waals surface area contributed by atoms with Crippen molar-refractivity contribution in [3.05, 3.63) is 46.2 Å². The van der Waals surface area contributed by atoms with Crippen molar-refractivity contribution >= 4 is 11.3 Å². The maximum atomic E-state index is 6.19. The first-order chi connectivity index (χ1) is 9.24. The molecular formula is C15H19NO2S. The molecule has 2 aromatic rings. The average Bonchev–Trinajstić information content (AvgIpc) is 2.98. The normalized spacial score (nSPS) is 12.2. The van der Waals surface area contributed by atoms with Crippen LogP contribution in [0.3, 0.4) is 0 Å². The molecule has 1 atom stereocenters. The van der Waals surface area contributed by atoms with E-state index in [-0.39, 0.29) is 6.04 Å². The van der Waals surface area contributed by atoms with Gasteiger partial charge in [-0.25, -0.2) is 0 Å². The van der Waals surface area contributed by atoms with Gasteiger partial charge in [-0.2, -0.15) is 0 Å². The highest BCUT2D eigenvalue weighted by Crippen LogP contribution is 2.28. The molecule has 0 aliphatic rings. The molecule has 0 spiro atoms. The second kappa shape index (κ2) is 6.59. The minimum Gasteiger partial charge on any atom is -0.497 e. The second-order valence-corrected chi connectivity index (χ2v) is 5.32. The van der Waals surface area contributed by atoms with Crippen LogP contribution in [-0.4, -0.2) is 14.2 Å². The van der Waals surface area contributed by atoms with Crippen LogP contribution in [0.25, 0.3) is 0 Å². The van der Waals surface area contributed by atoms with Gasteiger partial charge in [0.1, 0.15) is 11.5 Å². The highest BCUT2D eigenvalue weighted by Gasteiger charge is 2.10. The molecule has 4 heteroatoms. The molecule has 0 fully saturated rings. The van der Waals surface area contributed by atoms with Gasteiger partial charge in [-0.05, 0) is 48.1 Å². The summed E-state index contributed by atoms with van der Waals surface area (Å²) < 4.78 is 10.6. The van der Waals surface area contributed by atoms with Gasteiger partial charge in [-0.3, -0.25) is 0 Å². The van der Waals surface area contributed by atoms with Crippen molar-refractivity contribution in [2.24, 2.45) is 5.73 Å². The lowest BCUT2D eigenvalue weighted by molar-refractivity contribution is 0.397. The van der Waals surface area contributed by atoms with Crippen LogP contribution in [0.15, 0.2) is 35.7 Å². The van der Waals surface area contributed by atoms with Crippen LogP contribution in [0.5, 0.6) is 11.5 Å². The molecule has 19 heavy (non-hydrogen) atoms. The largest absolute Gasteiger partial charge is 0.497 e. The Balaban J connectivity index is 2.05. The summed E-state index contributed by atoms with van der Waals surface area (Å²) in [6.07, 6.45) is 1.77. The minimum atomic E-state index is 0.0795. The number of aryl methyl sites for hydroxylation is 1. The average molecular weight is 277 g/mol. The molecule has 2 rings (SSSR count). The summed E-state index contributed by atoms with van der Waals surface area (Å²) >= 11 is 1.70. The zero-order valence-corrected chi connectivity index (χ0v) is 12.1. The lowest BCUT2D eigenvalue weighted by atomic mass is 10.0. The van der Waals surface area contributed by atoms with Gasteiger partial charge in [0.25, 0.3) is 0 Å². The topological polar surface area (TPSA) is 44.5 Å². The summed E-state index contributed by atoms with van der Waals surface area (Å²) in [5, 5.41) is 2.06. The third-order valence-corrected chi connectivity index (χ3v) is 4.13. The van der Waals surface area contributed by atoms with Crippen molar-refractivity contribution in [1.29, 1.82) is 0 Å². The smallest absolute Gasteiger partial charge is 0.122 e. The molecule has 2 N–H and O–H groups in total. The highest BCUT2D eigenvalue weighted by molar-refractivity contribution is 7.10. The summed E-state index contributed by atoms with van der Waals surface area (Å²) in [4.78, 5) is 1.22. The van der Waals surface area contributed by atoms with Gasteiger partial charge in [0.2, 0.25) is 0 Å². The van der Waals surface area contributed by atoms with Gasteiger partial charge in [0.05, 0.1) is 14.2 Å². The van der Waals surface area contributed by atoms with E-state index in [1.165, 1.54) is 4.88 Å². The van der Waals surface area contributed by atoms with Gasteiger partial charge >= 0.3 is 0 Å². The van der Waals surface area contributed by atoms with E-state index in [0.717, 1.165) is 29.9 Å². The van der Waals surface area contributed by atoms with Gasteiger partial charge in [-0.15, -0.1) is 11.3 Å².